The van der Waals surface area contributed by atoms with E-state index in [2.05, 4.69) is 21.4 Å². The fourth-order valence-corrected chi connectivity index (χ4v) is 3.16. The first-order valence-electron chi connectivity index (χ1n) is 8.38. The van der Waals surface area contributed by atoms with Crippen molar-refractivity contribution in [3.8, 4) is 0 Å². The topological polar surface area (TPSA) is 67.6 Å². The summed E-state index contributed by atoms with van der Waals surface area (Å²) in [4.78, 5) is 14.5. The van der Waals surface area contributed by atoms with Crippen molar-refractivity contribution in [2.75, 3.05) is 36.5 Å². The zero-order chi connectivity index (χ0) is 17.8. The van der Waals surface area contributed by atoms with E-state index < -0.39 is 0 Å². The smallest absolute Gasteiger partial charge is 0.229 e. The lowest BCUT2D eigenvalue weighted by Crippen LogP contribution is -2.36. The molecule has 0 saturated carbocycles. The number of aryl methyl sites for hydroxylation is 2. The zero-order valence-electron chi connectivity index (χ0n) is 14.5. The second kappa shape index (κ2) is 7.89. The van der Waals surface area contributed by atoms with Crippen LogP contribution >= 0.6 is 11.6 Å². The molecule has 134 valence electrons. The van der Waals surface area contributed by atoms with E-state index in [0.717, 1.165) is 54.5 Å². The second-order valence-corrected chi connectivity index (χ2v) is 6.51. The second-order valence-electron chi connectivity index (χ2n) is 6.17. The van der Waals surface area contributed by atoms with Gasteiger partial charge < -0.3 is 19.5 Å². The van der Waals surface area contributed by atoms with Gasteiger partial charge in [0.25, 0.3) is 0 Å². The summed E-state index contributed by atoms with van der Waals surface area (Å²) < 4.78 is 10.3. The van der Waals surface area contributed by atoms with Crippen molar-refractivity contribution in [2.24, 2.45) is 0 Å². The molecular weight excluding hydrogens is 342 g/mol. The van der Waals surface area contributed by atoms with Gasteiger partial charge in [-0.25, -0.2) is 0 Å². The van der Waals surface area contributed by atoms with Gasteiger partial charge >= 0.3 is 0 Å². The van der Waals surface area contributed by atoms with Gasteiger partial charge in [-0.1, -0.05) is 5.16 Å². The summed E-state index contributed by atoms with van der Waals surface area (Å²) in [6.07, 6.45) is 0.831. The standard InChI is InChI=1S/C18H22ClN3O3/c1-12-11-14(22-7-9-24-10-8-22)3-5-16(12)20-17(23)6-4-15-13(2)21-25-18(15)19/h3,5,11H,4,6-10H2,1-2H3,(H,20,23). The highest BCUT2D eigenvalue weighted by Crippen LogP contribution is 2.24. The average Bonchev–Trinajstić information content (AvgIpc) is 2.94. The Hall–Kier alpha value is -2.05. The number of hydrogen-bond donors (Lipinski definition) is 1. The van der Waals surface area contributed by atoms with Crippen LogP contribution in [0, 0.1) is 13.8 Å². The minimum atomic E-state index is -0.0566. The number of nitrogens with zero attached hydrogens (tertiary/aromatic N) is 2. The van der Waals surface area contributed by atoms with E-state index >= 15 is 0 Å². The number of carbonyl (C=O) groups is 1. The van der Waals surface area contributed by atoms with E-state index in [9.17, 15) is 4.79 Å². The largest absolute Gasteiger partial charge is 0.378 e. The molecule has 0 aliphatic carbocycles. The number of ether oxygens (including phenoxy) is 1. The molecule has 0 radical (unpaired) electrons. The maximum absolute atomic E-state index is 12.2. The predicted octanol–water partition coefficient (Wildman–Crippen LogP) is 3.35. The van der Waals surface area contributed by atoms with E-state index in [1.807, 2.05) is 26.0 Å². The number of benzene rings is 1. The molecular formula is C18H22ClN3O3. The molecule has 2 heterocycles. The molecule has 3 rings (SSSR count). The lowest BCUT2D eigenvalue weighted by molar-refractivity contribution is -0.116. The maximum Gasteiger partial charge on any atom is 0.229 e. The maximum atomic E-state index is 12.2. The molecule has 1 aromatic carbocycles. The van der Waals surface area contributed by atoms with Crippen LogP contribution < -0.4 is 10.2 Å². The highest BCUT2D eigenvalue weighted by atomic mass is 35.5. The molecule has 25 heavy (non-hydrogen) atoms. The fourth-order valence-electron chi connectivity index (χ4n) is 2.90. The van der Waals surface area contributed by atoms with Crippen LogP contribution in [-0.2, 0) is 16.0 Å². The van der Waals surface area contributed by atoms with Gasteiger partial charge in [-0.05, 0) is 55.6 Å². The first-order valence-corrected chi connectivity index (χ1v) is 8.76. The number of morpholine rings is 1. The van der Waals surface area contributed by atoms with Crippen molar-refractivity contribution < 1.29 is 14.1 Å². The molecule has 1 N–H and O–H groups in total. The SMILES string of the molecule is Cc1cc(N2CCOCC2)ccc1NC(=O)CCc1c(C)noc1Cl. The molecule has 1 saturated heterocycles. The highest BCUT2D eigenvalue weighted by molar-refractivity contribution is 6.29. The van der Waals surface area contributed by atoms with Gasteiger partial charge in [0.15, 0.2) is 0 Å². The Morgan fingerprint density at radius 2 is 2.08 bits per heavy atom. The van der Waals surface area contributed by atoms with Crippen molar-refractivity contribution >= 4 is 28.9 Å². The Bertz CT molecular complexity index is 735. The fraction of sp³-hybridized carbons (Fsp3) is 0.444. The molecule has 0 atom stereocenters. The summed E-state index contributed by atoms with van der Waals surface area (Å²) in [7, 11) is 0. The summed E-state index contributed by atoms with van der Waals surface area (Å²) >= 11 is 5.93. The molecule has 0 spiro atoms. The van der Waals surface area contributed by atoms with Crippen LogP contribution in [0.5, 0.6) is 0 Å². The van der Waals surface area contributed by atoms with Gasteiger partial charge in [0.1, 0.15) is 0 Å². The third kappa shape index (κ3) is 4.32. The van der Waals surface area contributed by atoms with Crippen LogP contribution in [0.2, 0.25) is 5.22 Å². The Morgan fingerprint density at radius 1 is 1.32 bits per heavy atom. The van der Waals surface area contributed by atoms with E-state index in [-0.39, 0.29) is 11.1 Å². The number of anilines is 2. The Labute approximate surface area is 152 Å². The van der Waals surface area contributed by atoms with Crippen molar-refractivity contribution in [3.63, 3.8) is 0 Å². The summed E-state index contributed by atoms with van der Waals surface area (Å²) in [6, 6.07) is 6.09. The van der Waals surface area contributed by atoms with Crippen molar-refractivity contribution in [3.05, 3.63) is 40.2 Å². The molecule has 1 aliphatic heterocycles. The normalized spacial score (nSPS) is 14.6. The van der Waals surface area contributed by atoms with E-state index in [4.69, 9.17) is 20.9 Å². The number of halogens is 1. The zero-order valence-corrected chi connectivity index (χ0v) is 15.2. The van der Waals surface area contributed by atoms with Gasteiger partial charge in [0.05, 0.1) is 18.9 Å². The van der Waals surface area contributed by atoms with Gasteiger partial charge in [-0.3, -0.25) is 4.79 Å². The summed E-state index contributed by atoms with van der Waals surface area (Å²) in [6.45, 7) is 7.11. The number of hydrogen-bond acceptors (Lipinski definition) is 5. The van der Waals surface area contributed by atoms with E-state index in [1.165, 1.54) is 0 Å². The van der Waals surface area contributed by atoms with Crippen LogP contribution in [0.3, 0.4) is 0 Å². The van der Waals surface area contributed by atoms with Crippen LogP contribution in [0.25, 0.3) is 0 Å². The van der Waals surface area contributed by atoms with Crippen molar-refractivity contribution in [1.82, 2.24) is 5.16 Å². The minimum Gasteiger partial charge on any atom is -0.378 e. The molecule has 6 nitrogen and oxygen atoms in total. The van der Waals surface area contributed by atoms with Crippen LogP contribution in [0.4, 0.5) is 11.4 Å². The van der Waals surface area contributed by atoms with Gasteiger partial charge in [-0.2, -0.15) is 0 Å². The van der Waals surface area contributed by atoms with Gasteiger partial charge in [-0.15, -0.1) is 0 Å². The lowest BCUT2D eigenvalue weighted by atomic mass is 10.1. The molecule has 2 aromatic rings. The molecule has 7 heteroatoms. The van der Waals surface area contributed by atoms with E-state index in [1.54, 1.807) is 0 Å². The van der Waals surface area contributed by atoms with Gasteiger partial charge in [0.2, 0.25) is 11.1 Å². The third-order valence-electron chi connectivity index (χ3n) is 4.40. The Balaban J connectivity index is 1.59. The molecule has 1 amide bonds. The summed E-state index contributed by atoms with van der Waals surface area (Å²) in [5.74, 6) is -0.0566. The number of rotatable bonds is 5. The van der Waals surface area contributed by atoms with Crippen LogP contribution in [-0.4, -0.2) is 37.4 Å². The highest BCUT2D eigenvalue weighted by Gasteiger charge is 2.15. The first-order chi connectivity index (χ1) is 12.0. The molecule has 1 aromatic heterocycles. The summed E-state index contributed by atoms with van der Waals surface area (Å²) in [5, 5.41) is 7.02. The lowest BCUT2D eigenvalue weighted by Gasteiger charge is -2.29. The quantitative estimate of drug-likeness (QED) is 0.882. The van der Waals surface area contributed by atoms with Crippen LogP contribution in [0.15, 0.2) is 22.7 Å². The Morgan fingerprint density at radius 3 is 2.72 bits per heavy atom. The monoisotopic (exact) mass is 363 g/mol. The minimum absolute atomic E-state index is 0.0566. The van der Waals surface area contributed by atoms with E-state index in [0.29, 0.717) is 12.8 Å². The Kier molecular flexibility index (Phi) is 5.60. The first kappa shape index (κ1) is 17.8. The average molecular weight is 364 g/mol. The molecule has 1 fully saturated rings. The number of nitrogens with one attached hydrogen (secondary N) is 1. The number of carbonyl (C=O) groups excluding carboxylic acids is 1. The predicted molar refractivity (Wildman–Crippen MR) is 97.4 cm³/mol. The number of amides is 1. The third-order valence-corrected chi connectivity index (χ3v) is 4.70. The number of aromatic nitrogens is 1. The molecule has 0 bridgehead atoms. The van der Waals surface area contributed by atoms with Crippen molar-refractivity contribution in [2.45, 2.75) is 26.7 Å². The van der Waals surface area contributed by atoms with Crippen molar-refractivity contribution in [1.29, 1.82) is 0 Å². The van der Waals surface area contributed by atoms with Gasteiger partial charge in [0, 0.05) is 36.4 Å². The van der Waals surface area contributed by atoms with Crippen LogP contribution in [0.1, 0.15) is 23.2 Å². The molecule has 0 unspecified atom stereocenters. The summed E-state index contributed by atoms with van der Waals surface area (Å²) in [5.41, 5.74) is 4.54. The molecule has 1 aliphatic rings.